The first-order valence-electron chi connectivity index (χ1n) is 6.07. The summed E-state index contributed by atoms with van der Waals surface area (Å²) in [6.45, 7) is 0. The molecule has 2 aromatic carbocycles. The molecule has 1 amide bonds. The summed E-state index contributed by atoms with van der Waals surface area (Å²) >= 11 is 5.82. The molecule has 1 aliphatic heterocycles. The molecular weight excluding hydrogens is 276 g/mol. The molecule has 5 heteroatoms. The minimum atomic E-state index is -0.179. The van der Waals surface area contributed by atoms with Gasteiger partial charge >= 0.3 is 0 Å². The number of hydrogen-bond acceptors (Lipinski definition) is 3. The summed E-state index contributed by atoms with van der Waals surface area (Å²) in [5.41, 5.74) is 8.67. The number of halogens is 1. The minimum absolute atomic E-state index is 0.0596. The van der Waals surface area contributed by atoms with Crippen molar-refractivity contribution in [1.29, 1.82) is 0 Å². The zero-order valence-corrected chi connectivity index (χ0v) is 11.2. The standard InChI is InChI=1S/C15H11ClN2O2/c16-10-2-3-11(12(17)7-10)15(20)8-1-4-13-9(5-8)6-14(19)18-13/h1-5,7H,6,17H2,(H,18,19). The van der Waals surface area contributed by atoms with Crippen molar-refractivity contribution in [3.63, 3.8) is 0 Å². The highest BCUT2D eigenvalue weighted by atomic mass is 35.5. The lowest BCUT2D eigenvalue weighted by atomic mass is 9.99. The van der Waals surface area contributed by atoms with Gasteiger partial charge < -0.3 is 11.1 Å². The molecule has 4 nitrogen and oxygen atoms in total. The molecule has 2 aromatic rings. The molecule has 3 N–H and O–H groups in total. The molecule has 0 saturated carbocycles. The van der Waals surface area contributed by atoms with Crippen molar-refractivity contribution < 1.29 is 9.59 Å². The molecular formula is C15H11ClN2O2. The van der Waals surface area contributed by atoms with Crippen LogP contribution >= 0.6 is 11.6 Å². The number of hydrogen-bond donors (Lipinski definition) is 2. The number of carbonyl (C=O) groups is 2. The molecule has 0 saturated heterocycles. The average molecular weight is 287 g/mol. The topological polar surface area (TPSA) is 72.2 Å². The van der Waals surface area contributed by atoms with E-state index in [0.29, 0.717) is 28.3 Å². The monoisotopic (exact) mass is 286 g/mol. The van der Waals surface area contributed by atoms with Crippen LogP contribution in [-0.2, 0) is 11.2 Å². The van der Waals surface area contributed by atoms with Crippen molar-refractivity contribution in [2.24, 2.45) is 0 Å². The van der Waals surface area contributed by atoms with E-state index in [1.807, 2.05) is 0 Å². The Hall–Kier alpha value is -2.33. The maximum atomic E-state index is 12.4. The first-order chi connectivity index (χ1) is 9.54. The molecule has 0 aliphatic carbocycles. The molecule has 0 radical (unpaired) electrons. The van der Waals surface area contributed by atoms with Crippen LogP contribution < -0.4 is 11.1 Å². The van der Waals surface area contributed by atoms with Crippen LogP contribution in [0, 0.1) is 0 Å². The Kier molecular flexibility index (Phi) is 2.95. The number of ketones is 1. The van der Waals surface area contributed by atoms with Crippen LogP contribution in [0.2, 0.25) is 5.02 Å². The number of carbonyl (C=O) groups excluding carboxylic acids is 2. The normalized spacial score (nSPS) is 12.9. The molecule has 0 aromatic heterocycles. The van der Waals surface area contributed by atoms with E-state index in [1.165, 1.54) is 0 Å². The van der Waals surface area contributed by atoms with Crippen molar-refractivity contribution in [3.05, 3.63) is 58.1 Å². The van der Waals surface area contributed by atoms with E-state index in [9.17, 15) is 9.59 Å². The summed E-state index contributed by atoms with van der Waals surface area (Å²) in [6, 6.07) is 9.93. The average Bonchev–Trinajstić information content (AvgIpc) is 2.77. The number of nitrogen functional groups attached to an aromatic ring is 1. The third-order valence-corrected chi connectivity index (χ3v) is 3.49. The second-order valence-electron chi connectivity index (χ2n) is 4.66. The van der Waals surface area contributed by atoms with Crippen molar-refractivity contribution in [1.82, 2.24) is 0 Å². The van der Waals surface area contributed by atoms with Gasteiger partial charge in [-0.3, -0.25) is 9.59 Å². The van der Waals surface area contributed by atoms with E-state index < -0.39 is 0 Å². The Morgan fingerprint density at radius 2 is 2.00 bits per heavy atom. The molecule has 0 fully saturated rings. The number of anilines is 2. The van der Waals surface area contributed by atoms with Gasteiger partial charge in [-0.2, -0.15) is 0 Å². The second kappa shape index (κ2) is 4.65. The van der Waals surface area contributed by atoms with Gasteiger partial charge in [0.1, 0.15) is 0 Å². The fourth-order valence-electron chi connectivity index (χ4n) is 2.27. The largest absolute Gasteiger partial charge is 0.398 e. The van der Waals surface area contributed by atoms with E-state index in [4.69, 9.17) is 17.3 Å². The van der Waals surface area contributed by atoms with E-state index in [1.54, 1.807) is 36.4 Å². The van der Waals surface area contributed by atoms with Crippen LogP contribution in [0.1, 0.15) is 21.5 Å². The first-order valence-corrected chi connectivity index (χ1v) is 6.45. The summed E-state index contributed by atoms with van der Waals surface area (Å²) in [6.07, 6.45) is 0.298. The van der Waals surface area contributed by atoms with E-state index in [0.717, 1.165) is 11.3 Å². The minimum Gasteiger partial charge on any atom is -0.398 e. The highest BCUT2D eigenvalue weighted by Crippen LogP contribution is 2.26. The molecule has 0 unspecified atom stereocenters. The quantitative estimate of drug-likeness (QED) is 0.658. The van der Waals surface area contributed by atoms with Gasteiger partial charge in [-0.05, 0) is 42.0 Å². The lowest BCUT2D eigenvalue weighted by Crippen LogP contribution is -2.05. The van der Waals surface area contributed by atoms with Crippen LogP contribution in [0.15, 0.2) is 36.4 Å². The molecule has 0 atom stereocenters. The summed E-state index contributed by atoms with van der Waals surface area (Å²) < 4.78 is 0. The number of nitrogens with one attached hydrogen (secondary N) is 1. The van der Waals surface area contributed by atoms with Gasteiger partial charge in [-0.15, -0.1) is 0 Å². The van der Waals surface area contributed by atoms with Crippen LogP contribution in [0.5, 0.6) is 0 Å². The number of amides is 1. The Morgan fingerprint density at radius 3 is 2.75 bits per heavy atom. The molecule has 0 spiro atoms. The smallest absolute Gasteiger partial charge is 0.228 e. The molecule has 100 valence electrons. The van der Waals surface area contributed by atoms with Gasteiger partial charge in [0.2, 0.25) is 5.91 Å². The predicted molar refractivity (Wildman–Crippen MR) is 78.1 cm³/mol. The molecule has 20 heavy (non-hydrogen) atoms. The molecule has 3 rings (SSSR count). The Morgan fingerprint density at radius 1 is 1.20 bits per heavy atom. The van der Waals surface area contributed by atoms with Gasteiger partial charge in [0, 0.05) is 27.5 Å². The van der Waals surface area contributed by atoms with Crippen LogP contribution in [0.25, 0.3) is 0 Å². The van der Waals surface area contributed by atoms with Crippen LogP contribution in [0.4, 0.5) is 11.4 Å². The summed E-state index contributed by atoms with van der Waals surface area (Å²) in [5.74, 6) is -0.239. The molecule has 1 heterocycles. The van der Waals surface area contributed by atoms with Crippen LogP contribution in [0.3, 0.4) is 0 Å². The van der Waals surface area contributed by atoms with Crippen molar-refractivity contribution in [2.75, 3.05) is 11.1 Å². The first kappa shape index (κ1) is 12.7. The van der Waals surface area contributed by atoms with Gasteiger partial charge in [-0.1, -0.05) is 11.6 Å². The number of benzene rings is 2. The Bertz CT molecular complexity index is 741. The van der Waals surface area contributed by atoms with E-state index in [-0.39, 0.29) is 11.7 Å². The lowest BCUT2D eigenvalue weighted by molar-refractivity contribution is -0.115. The Balaban J connectivity index is 1.99. The number of nitrogens with two attached hydrogens (primary N) is 1. The van der Waals surface area contributed by atoms with E-state index in [2.05, 4.69) is 5.32 Å². The van der Waals surface area contributed by atoms with Gasteiger partial charge in [0.05, 0.1) is 6.42 Å². The Labute approximate surface area is 120 Å². The van der Waals surface area contributed by atoms with Crippen molar-refractivity contribution in [2.45, 2.75) is 6.42 Å². The maximum Gasteiger partial charge on any atom is 0.228 e. The van der Waals surface area contributed by atoms with Crippen molar-refractivity contribution >= 4 is 34.7 Å². The zero-order valence-electron chi connectivity index (χ0n) is 10.4. The fraction of sp³-hybridized carbons (Fsp3) is 0.0667. The van der Waals surface area contributed by atoms with Gasteiger partial charge in [-0.25, -0.2) is 0 Å². The van der Waals surface area contributed by atoms with Gasteiger partial charge in [0.25, 0.3) is 0 Å². The van der Waals surface area contributed by atoms with Crippen LogP contribution in [-0.4, -0.2) is 11.7 Å². The summed E-state index contributed by atoms with van der Waals surface area (Å²) in [7, 11) is 0. The third-order valence-electron chi connectivity index (χ3n) is 3.25. The summed E-state index contributed by atoms with van der Waals surface area (Å²) in [4.78, 5) is 23.7. The molecule has 0 bridgehead atoms. The van der Waals surface area contributed by atoms with Gasteiger partial charge in [0.15, 0.2) is 5.78 Å². The molecule has 1 aliphatic rings. The lowest BCUT2D eigenvalue weighted by Gasteiger charge is -2.07. The SMILES string of the molecule is Nc1cc(Cl)ccc1C(=O)c1ccc2c(c1)CC(=O)N2. The number of rotatable bonds is 2. The second-order valence-corrected chi connectivity index (χ2v) is 5.09. The highest BCUT2D eigenvalue weighted by Gasteiger charge is 2.20. The zero-order chi connectivity index (χ0) is 14.3. The highest BCUT2D eigenvalue weighted by molar-refractivity contribution is 6.31. The predicted octanol–water partition coefficient (Wildman–Crippen LogP) is 2.65. The van der Waals surface area contributed by atoms with Crippen molar-refractivity contribution in [3.8, 4) is 0 Å². The maximum absolute atomic E-state index is 12.4. The number of fused-ring (bicyclic) bond motifs is 1. The van der Waals surface area contributed by atoms with E-state index >= 15 is 0 Å². The fourth-order valence-corrected chi connectivity index (χ4v) is 2.45. The summed E-state index contributed by atoms with van der Waals surface area (Å²) in [5, 5.41) is 3.22. The third kappa shape index (κ3) is 2.14.